The Labute approximate surface area is 158 Å². The van der Waals surface area contributed by atoms with Crippen molar-refractivity contribution in [2.75, 3.05) is 31.6 Å². The lowest BCUT2D eigenvalue weighted by Gasteiger charge is -2.26. The number of aromatic nitrogens is 2. The zero-order valence-corrected chi connectivity index (χ0v) is 16.0. The van der Waals surface area contributed by atoms with Gasteiger partial charge in [-0.25, -0.2) is 9.97 Å². The smallest absolute Gasteiger partial charge is 0.227 e. The van der Waals surface area contributed by atoms with Gasteiger partial charge in [0, 0.05) is 30.7 Å². The van der Waals surface area contributed by atoms with Crippen LogP contribution in [0, 0.1) is 3.57 Å². The highest BCUT2D eigenvalue weighted by Gasteiger charge is 2.10. The van der Waals surface area contributed by atoms with Gasteiger partial charge in [0.05, 0.1) is 33.2 Å². The van der Waals surface area contributed by atoms with E-state index < -0.39 is 0 Å². The summed E-state index contributed by atoms with van der Waals surface area (Å²) < 4.78 is 7.67. The Hall–Kier alpha value is -1.29. The average Bonchev–Trinajstić information content (AvgIpc) is 2.98. The van der Waals surface area contributed by atoms with E-state index in [4.69, 9.17) is 4.74 Å². The van der Waals surface area contributed by atoms with Gasteiger partial charge in [-0.1, -0.05) is 12.1 Å². The summed E-state index contributed by atoms with van der Waals surface area (Å²) in [6.45, 7) is 4.65. The van der Waals surface area contributed by atoms with Crippen molar-refractivity contribution in [2.24, 2.45) is 0 Å². The van der Waals surface area contributed by atoms with E-state index in [0.29, 0.717) is 5.95 Å². The van der Waals surface area contributed by atoms with E-state index in [1.807, 2.05) is 6.20 Å². The van der Waals surface area contributed by atoms with Crippen LogP contribution in [0.5, 0.6) is 0 Å². The Bertz CT molecular complexity index is 830. The van der Waals surface area contributed by atoms with Crippen LogP contribution in [0.4, 0.5) is 11.6 Å². The van der Waals surface area contributed by atoms with E-state index in [1.165, 1.54) is 9.13 Å². The van der Waals surface area contributed by atoms with Gasteiger partial charge in [0.15, 0.2) is 0 Å². The van der Waals surface area contributed by atoms with E-state index >= 15 is 0 Å². The van der Waals surface area contributed by atoms with Gasteiger partial charge in [0.1, 0.15) is 0 Å². The molecule has 1 fully saturated rings. The summed E-state index contributed by atoms with van der Waals surface area (Å²) in [5, 5.41) is 5.39. The number of nitrogens with one attached hydrogen (secondary N) is 1. The first-order valence-electron chi connectivity index (χ1n) is 7.84. The molecule has 24 heavy (non-hydrogen) atoms. The second-order valence-corrected chi connectivity index (χ2v) is 7.77. The Balaban J connectivity index is 1.44. The van der Waals surface area contributed by atoms with E-state index in [2.05, 4.69) is 72.4 Å². The van der Waals surface area contributed by atoms with Crippen molar-refractivity contribution >= 4 is 55.8 Å². The molecule has 0 radical (unpaired) electrons. The number of benzene rings is 1. The molecule has 3 heterocycles. The molecule has 5 nitrogen and oxygen atoms in total. The quantitative estimate of drug-likeness (QED) is 0.610. The summed E-state index contributed by atoms with van der Waals surface area (Å²) >= 11 is 3.98. The third-order valence-electron chi connectivity index (χ3n) is 3.99. The molecule has 0 amide bonds. The molecule has 1 saturated heterocycles. The first kappa shape index (κ1) is 16.2. The van der Waals surface area contributed by atoms with Crippen molar-refractivity contribution in [1.82, 2.24) is 14.9 Å². The molecule has 0 aliphatic carbocycles. The lowest BCUT2D eigenvalue weighted by atomic mass is 10.2. The Morgan fingerprint density at radius 1 is 1.21 bits per heavy atom. The SMILES string of the molecule is Ic1csc2cnc(Nc3ccc(CN4CCOCC4)cc3)nc12. The number of hydrogen-bond donors (Lipinski definition) is 1. The predicted octanol–water partition coefficient (Wildman–Crippen LogP) is 3.87. The topological polar surface area (TPSA) is 50.3 Å². The number of hydrogen-bond acceptors (Lipinski definition) is 6. The third-order valence-corrected chi connectivity index (χ3v) is 6.14. The van der Waals surface area contributed by atoms with E-state index in [1.54, 1.807) is 11.3 Å². The number of anilines is 2. The van der Waals surface area contributed by atoms with Crippen molar-refractivity contribution in [3.05, 3.63) is 45.0 Å². The minimum atomic E-state index is 0.639. The van der Waals surface area contributed by atoms with Crippen LogP contribution >= 0.6 is 33.9 Å². The van der Waals surface area contributed by atoms with Crippen LogP contribution in [0.15, 0.2) is 35.8 Å². The Morgan fingerprint density at radius 2 is 2.00 bits per heavy atom. The number of thiophene rings is 1. The second-order valence-electron chi connectivity index (χ2n) is 5.70. The van der Waals surface area contributed by atoms with Gasteiger partial charge in [-0.3, -0.25) is 4.90 Å². The second kappa shape index (κ2) is 7.30. The molecule has 2 aromatic heterocycles. The molecular weight excluding hydrogens is 435 g/mol. The first-order chi connectivity index (χ1) is 11.8. The molecule has 1 aliphatic heterocycles. The normalized spacial score (nSPS) is 15.7. The van der Waals surface area contributed by atoms with Gasteiger partial charge in [0.25, 0.3) is 0 Å². The van der Waals surface area contributed by atoms with Crippen molar-refractivity contribution < 1.29 is 4.74 Å². The van der Waals surface area contributed by atoms with Crippen LogP contribution in [-0.4, -0.2) is 41.2 Å². The molecule has 1 N–H and O–H groups in total. The monoisotopic (exact) mass is 452 g/mol. The maximum atomic E-state index is 5.39. The van der Waals surface area contributed by atoms with Gasteiger partial charge >= 0.3 is 0 Å². The lowest BCUT2D eigenvalue weighted by Crippen LogP contribution is -2.35. The highest BCUT2D eigenvalue weighted by molar-refractivity contribution is 14.1. The van der Waals surface area contributed by atoms with E-state index in [0.717, 1.165) is 48.8 Å². The molecule has 0 atom stereocenters. The van der Waals surface area contributed by atoms with Gasteiger partial charge in [-0.05, 0) is 40.3 Å². The van der Waals surface area contributed by atoms with Crippen LogP contribution in [0.25, 0.3) is 10.2 Å². The number of ether oxygens (including phenoxy) is 1. The van der Waals surface area contributed by atoms with E-state index in [-0.39, 0.29) is 0 Å². The minimum Gasteiger partial charge on any atom is -0.379 e. The molecule has 124 valence electrons. The summed E-state index contributed by atoms with van der Waals surface area (Å²) in [7, 11) is 0. The molecule has 7 heteroatoms. The molecule has 0 unspecified atom stereocenters. The molecule has 0 spiro atoms. The Kier molecular flexibility index (Phi) is 4.93. The number of halogens is 1. The number of nitrogens with zero attached hydrogens (tertiary/aromatic N) is 3. The first-order valence-corrected chi connectivity index (χ1v) is 9.79. The standard InChI is InChI=1S/C17H17IN4OS/c18-14-11-24-15-9-19-17(21-16(14)15)20-13-3-1-12(2-4-13)10-22-5-7-23-8-6-22/h1-4,9,11H,5-8,10H2,(H,19,20,21). The van der Waals surface area contributed by atoms with Gasteiger partial charge in [0.2, 0.25) is 5.95 Å². The van der Waals surface area contributed by atoms with Crippen LogP contribution in [0.3, 0.4) is 0 Å². The van der Waals surface area contributed by atoms with Gasteiger partial charge < -0.3 is 10.1 Å². The maximum absolute atomic E-state index is 5.39. The highest BCUT2D eigenvalue weighted by Crippen LogP contribution is 2.26. The van der Waals surface area contributed by atoms with Crippen molar-refractivity contribution in [2.45, 2.75) is 6.54 Å². The highest BCUT2D eigenvalue weighted by atomic mass is 127. The fraction of sp³-hybridized carbons (Fsp3) is 0.294. The van der Waals surface area contributed by atoms with Crippen molar-refractivity contribution in [3.63, 3.8) is 0 Å². The number of fused-ring (bicyclic) bond motifs is 1. The maximum Gasteiger partial charge on any atom is 0.227 e. The summed E-state index contributed by atoms with van der Waals surface area (Å²) in [5.74, 6) is 0.639. The molecule has 1 aromatic carbocycles. The predicted molar refractivity (Wildman–Crippen MR) is 106 cm³/mol. The molecular formula is C17H17IN4OS. The minimum absolute atomic E-state index is 0.639. The van der Waals surface area contributed by atoms with Crippen LogP contribution < -0.4 is 5.32 Å². The summed E-state index contributed by atoms with van der Waals surface area (Å²) in [6.07, 6.45) is 1.88. The van der Waals surface area contributed by atoms with E-state index in [9.17, 15) is 0 Å². The zero-order valence-electron chi connectivity index (χ0n) is 13.0. The van der Waals surface area contributed by atoms with Crippen LogP contribution in [-0.2, 0) is 11.3 Å². The number of morpholine rings is 1. The fourth-order valence-corrected chi connectivity index (χ4v) is 4.40. The summed E-state index contributed by atoms with van der Waals surface area (Å²) in [4.78, 5) is 11.4. The average molecular weight is 452 g/mol. The van der Waals surface area contributed by atoms with Crippen molar-refractivity contribution in [1.29, 1.82) is 0 Å². The Morgan fingerprint density at radius 3 is 2.79 bits per heavy atom. The van der Waals surface area contributed by atoms with Crippen LogP contribution in [0.1, 0.15) is 5.56 Å². The third kappa shape index (κ3) is 3.69. The van der Waals surface area contributed by atoms with Gasteiger partial charge in [-0.2, -0.15) is 0 Å². The molecule has 1 aliphatic rings. The zero-order chi connectivity index (χ0) is 16.4. The molecule has 3 aromatic rings. The van der Waals surface area contributed by atoms with Crippen LogP contribution in [0.2, 0.25) is 0 Å². The number of rotatable bonds is 4. The lowest BCUT2D eigenvalue weighted by molar-refractivity contribution is 0.0342. The fourth-order valence-electron chi connectivity index (χ4n) is 2.70. The molecule has 0 bridgehead atoms. The van der Waals surface area contributed by atoms with Crippen molar-refractivity contribution in [3.8, 4) is 0 Å². The largest absolute Gasteiger partial charge is 0.379 e. The molecule has 0 saturated carbocycles. The summed E-state index contributed by atoms with van der Waals surface area (Å²) in [5.41, 5.74) is 3.33. The molecule has 4 rings (SSSR count). The summed E-state index contributed by atoms with van der Waals surface area (Å²) in [6, 6.07) is 8.49. The van der Waals surface area contributed by atoms with Gasteiger partial charge in [-0.15, -0.1) is 11.3 Å².